The fourth-order valence-electron chi connectivity index (χ4n) is 2.20. The van der Waals surface area contributed by atoms with Gasteiger partial charge in [-0.05, 0) is 49.2 Å². The van der Waals surface area contributed by atoms with Crippen LogP contribution in [0.3, 0.4) is 0 Å². The van der Waals surface area contributed by atoms with E-state index in [1.54, 1.807) is 24.3 Å². The molecule has 0 bridgehead atoms. The number of hydrogen-bond donors (Lipinski definition) is 1. The minimum Gasteiger partial charge on any atom is -0.453 e. The number of rotatable bonds is 6. The van der Waals surface area contributed by atoms with Gasteiger partial charge in [-0.25, -0.2) is 4.79 Å². The Labute approximate surface area is 144 Å². The number of ketones is 1. The van der Waals surface area contributed by atoms with E-state index in [2.05, 4.69) is 5.32 Å². The third-order valence-electron chi connectivity index (χ3n) is 3.46. The van der Waals surface area contributed by atoms with E-state index in [0.717, 1.165) is 16.9 Å². The first-order valence-electron chi connectivity index (χ1n) is 7.58. The first-order valence-corrected chi connectivity index (χ1v) is 8.39. The number of thiophene rings is 1. The fraction of sp³-hybridized carbons (Fsp3) is 0.278. The van der Waals surface area contributed by atoms with Crippen molar-refractivity contribution >= 4 is 34.7 Å². The summed E-state index contributed by atoms with van der Waals surface area (Å²) in [6, 6.07) is 8.26. The van der Waals surface area contributed by atoms with Gasteiger partial charge in [0.05, 0.1) is 0 Å². The van der Waals surface area contributed by atoms with Gasteiger partial charge in [0.15, 0.2) is 12.4 Å². The van der Waals surface area contributed by atoms with Crippen molar-refractivity contribution in [3.8, 4) is 0 Å². The van der Waals surface area contributed by atoms with Crippen molar-refractivity contribution < 1.29 is 19.1 Å². The number of carbonyl (C=O) groups is 3. The Morgan fingerprint density at radius 1 is 1.17 bits per heavy atom. The molecule has 24 heavy (non-hydrogen) atoms. The summed E-state index contributed by atoms with van der Waals surface area (Å²) >= 11 is 1.38. The molecule has 0 fully saturated rings. The summed E-state index contributed by atoms with van der Waals surface area (Å²) in [6.45, 7) is 5.09. The monoisotopic (exact) mass is 345 g/mol. The number of Topliss-reactive ketones (excluding diaryl/α,β-unsaturated/α-hetero) is 1. The van der Waals surface area contributed by atoms with Gasteiger partial charge in [0.25, 0.3) is 0 Å². The second kappa shape index (κ2) is 7.88. The van der Waals surface area contributed by atoms with E-state index in [1.807, 2.05) is 19.9 Å². The lowest BCUT2D eigenvalue weighted by Crippen LogP contribution is -2.13. The molecule has 0 saturated heterocycles. The van der Waals surface area contributed by atoms with Crippen LogP contribution in [0.5, 0.6) is 0 Å². The van der Waals surface area contributed by atoms with Gasteiger partial charge < -0.3 is 10.1 Å². The van der Waals surface area contributed by atoms with E-state index in [4.69, 9.17) is 4.74 Å². The maximum Gasteiger partial charge on any atom is 0.348 e. The number of esters is 1. The second-order valence-electron chi connectivity index (χ2n) is 5.30. The molecule has 0 aliphatic heterocycles. The molecule has 1 N–H and O–H groups in total. The average molecular weight is 345 g/mol. The van der Waals surface area contributed by atoms with Gasteiger partial charge in [-0.3, -0.25) is 9.59 Å². The van der Waals surface area contributed by atoms with Crippen molar-refractivity contribution in [3.05, 3.63) is 51.2 Å². The third-order valence-corrected chi connectivity index (χ3v) is 4.54. The second-order valence-corrected chi connectivity index (χ2v) is 6.56. The standard InChI is InChI=1S/C18H19NO4S/c1-4-13-9-17(24-11(13)2)18(22)23-10-16(21)14-5-7-15(8-6-14)19-12(3)20/h5-9H,4,10H2,1-3H3,(H,19,20). The van der Waals surface area contributed by atoms with Crippen LogP contribution in [0, 0.1) is 6.92 Å². The molecule has 1 heterocycles. The molecule has 1 amide bonds. The highest BCUT2D eigenvalue weighted by Crippen LogP contribution is 2.22. The SMILES string of the molecule is CCc1cc(C(=O)OCC(=O)c2ccc(NC(C)=O)cc2)sc1C. The average Bonchev–Trinajstić information content (AvgIpc) is 2.93. The number of ether oxygens (including phenoxy) is 1. The lowest BCUT2D eigenvalue weighted by molar-refractivity contribution is -0.114. The smallest absolute Gasteiger partial charge is 0.348 e. The van der Waals surface area contributed by atoms with Crippen molar-refractivity contribution in [1.82, 2.24) is 0 Å². The van der Waals surface area contributed by atoms with Crippen molar-refractivity contribution in [2.24, 2.45) is 0 Å². The molecule has 2 aromatic rings. The summed E-state index contributed by atoms with van der Waals surface area (Å²) in [4.78, 5) is 36.7. The molecular weight excluding hydrogens is 326 g/mol. The molecule has 1 aromatic carbocycles. The molecule has 1 aromatic heterocycles. The molecule has 0 aliphatic rings. The van der Waals surface area contributed by atoms with Gasteiger partial charge in [0.2, 0.25) is 5.91 Å². The Morgan fingerprint density at radius 2 is 1.83 bits per heavy atom. The van der Waals surface area contributed by atoms with Crippen molar-refractivity contribution in [2.45, 2.75) is 27.2 Å². The number of carbonyl (C=O) groups excluding carboxylic acids is 3. The van der Waals surface area contributed by atoms with Crippen molar-refractivity contribution in [3.63, 3.8) is 0 Å². The summed E-state index contributed by atoms with van der Waals surface area (Å²) < 4.78 is 5.10. The third kappa shape index (κ3) is 4.52. The van der Waals surface area contributed by atoms with Gasteiger partial charge in [-0.1, -0.05) is 6.92 Å². The minimum atomic E-state index is -0.481. The zero-order chi connectivity index (χ0) is 17.7. The quantitative estimate of drug-likeness (QED) is 0.641. The van der Waals surface area contributed by atoms with E-state index in [0.29, 0.717) is 16.1 Å². The van der Waals surface area contributed by atoms with Crippen LogP contribution in [0.2, 0.25) is 0 Å². The van der Waals surface area contributed by atoms with Crippen LogP contribution in [0.1, 0.15) is 44.3 Å². The van der Waals surface area contributed by atoms with Crippen LogP contribution in [0.4, 0.5) is 5.69 Å². The van der Waals surface area contributed by atoms with Gasteiger partial charge >= 0.3 is 5.97 Å². The van der Waals surface area contributed by atoms with Crippen LogP contribution in [-0.2, 0) is 16.0 Å². The normalized spacial score (nSPS) is 10.3. The number of anilines is 1. The molecule has 0 atom stereocenters. The largest absolute Gasteiger partial charge is 0.453 e. The molecule has 0 saturated carbocycles. The number of amides is 1. The predicted octanol–water partition coefficient (Wildman–Crippen LogP) is 3.62. The Bertz CT molecular complexity index is 762. The van der Waals surface area contributed by atoms with E-state index < -0.39 is 5.97 Å². The van der Waals surface area contributed by atoms with E-state index in [1.165, 1.54) is 18.3 Å². The number of benzene rings is 1. The first-order chi connectivity index (χ1) is 11.4. The minimum absolute atomic E-state index is 0.180. The van der Waals surface area contributed by atoms with E-state index in [9.17, 15) is 14.4 Å². The molecule has 0 radical (unpaired) electrons. The summed E-state index contributed by atoms with van der Waals surface area (Å²) in [7, 11) is 0. The molecular formula is C18H19NO4S. The Kier molecular flexibility index (Phi) is 5.87. The summed E-state index contributed by atoms with van der Waals surface area (Å²) in [5, 5.41) is 2.62. The first kappa shape index (κ1) is 17.9. The number of hydrogen-bond acceptors (Lipinski definition) is 5. The summed E-state index contributed by atoms with van der Waals surface area (Å²) in [6.07, 6.45) is 0.856. The van der Waals surface area contributed by atoms with Gasteiger partial charge in [0, 0.05) is 23.1 Å². The molecule has 6 heteroatoms. The Morgan fingerprint density at radius 3 is 2.38 bits per heavy atom. The Hall–Kier alpha value is -2.47. The van der Waals surface area contributed by atoms with Crippen LogP contribution >= 0.6 is 11.3 Å². The maximum atomic E-state index is 12.1. The maximum absolute atomic E-state index is 12.1. The summed E-state index contributed by atoms with van der Waals surface area (Å²) in [5.41, 5.74) is 2.15. The Balaban J connectivity index is 1.94. The van der Waals surface area contributed by atoms with Gasteiger partial charge in [-0.2, -0.15) is 0 Å². The van der Waals surface area contributed by atoms with E-state index in [-0.39, 0.29) is 18.3 Å². The highest BCUT2D eigenvalue weighted by Gasteiger charge is 2.15. The highest BCUT2D eigenvalue weighted by atomic mass is 32.1. The zero-order valence-corrected chi connectivity index (χ0v) is 14.7. The molecule has 126 valence electrons. The van der Waals surface area contributed by atoms with Crippen LogP contribution in [-0.4, -0.2) is 24.3 Å². The van der Waals surface area contributed by atoms with Crippen LogP contribution < -0.4 is 5.32 Å². The van der Waals surface area contributed by atoms with Gasteiger partial charge in [-0.15, -0.1) is 11.3 Å². The molecule has 0 spiro atoms. The highest BCUT2D eigenvalue weighted by molar-refractivity contribution is 7.14. The molecule has 0 unspecified atom stereocenters. The predicted molar refractivity (Wildman–Crippen MR) is 93.8 cm³/mol. The lowest BCUT2D eigenvalue weighted by Gasteiger charge is -2.05. The van der Waals surface area contributed by atoms with Crippen molar-refractivity contribution in [2.75, 3.05) is 11.9 Å². The topological polar surface area (TPSA) is 72.5 Å². The zero-order valence-electron chi connectivity index (χ0n) is 13.8. The molecule has 0 aliphatic carbocycles. The van der Waals surface area contributed by atoms with Crippen LogP contribution in [0.15, 0.2) is 30.3 Å². The summed E-state index contributed by atoms with van der Waals surface area (Å²) in [5.74, 6) is -0.951. The van der Waals surface area contributed by atoms with Gasteiger partial charge in [0.1, 0.15) is 4.88 Å². The fourth-order valence-corrected chi connectivity index (χ4v) is 3.21. The number of aryl methyl sites for hydroxylation is 2. The van der Waals surface area contributed by atoms with E-state index >= 15 is 0 Å². The van der Waals surface area contributed by atoms with Crippen LogP contribution in [0.25, 0.3) is 0 Å². The van der Waals surface area contributed by atoms with Crippen molar-refractivity contribution in [1.29, 1.82) is 0 Å². The lowest BCUT2D eigenvalue weighted by atomic mass is 10.1. The molecule has 5 nitrogen and oxygen atoms in total. The number of nitrogens with one attached hydrogen (secondary N) is 1. The molecule has 2 rings (SSSR count).